The molecule has 0 aliphatic carbocycles. The first-order valence-corrected chi connectivity index (χ1v) is 11.1. The average molecular weight is 461 g/mol. The zero-order valence-electron chi connectivity index (χ0n) is 17.8. The molecule has 0 unspecified atom stereocenters. The van der Waals surface area contributed by atoms with Gasteiger partial charge in [0.1, 0.15) is 11.5 Å². The topological polar surface area (TPSA) is 124 Å². The number of rotatable bonds is 7. The molecule has 10 heteroatoms. The molecule has 0 saturated carbocycles. The number of hydrogen-bond acceptors (Lipinski definition) is 7. The van der Waals surface area contributed by atoms with Gasteiger partial charge in [0.15, 0.2) is 0 Å². The van der Waals surface area contributed by atoms with Crippen LogP contribution < -0.4 is 0 Å². The van der Waals surface area contributed by atoms with Gasteiger partial charge < -0.3 is 19.8 Å². The Hall–Kier alpha value is -3.21. The maximum Gasteiger partial charge on any atom is 0.295 e. The minimum Gasteiger partial charge on any atom is -0.508 e. The summed E-state index contributed by atoms with van der Waals surface area (Å²) in [6.45, 7) is 0.294. The van der Waals surface area contributed by atoms with Crippen LogP contribution in [-0.2, 0) is 24.3 Å². The van der Waals surface area contributed by atoms with Gasteiger partial charge in [-0.1, -0.05) is 12.1 Å². The van der Waals surface area contributed by atoms with E-state index in [2.05, 4.69) is 0 Å². The van der Waals surface area contributed by atoms with Crippen molar-refractivity contribution in [2.45, 2.75) is 10.9 Å². The fourth-order valence-corrected chi connectivity index (χ4v) is 4.36. The molecule has 2 N–H and O–H groups in total. The number of amides is 1. The van der Waals surface area contributed by atoms with Gasteiger partial charge in [0.25, 0.3) is 11.7 Å². The molecule has 0 spiro atoms. The monoisotopic (exact) mass is 460 g/mol. The highest BCUT2D eigenvalue weighted by atomic mass is 32.2. The lowest BCUT2D eigenvalue weighted by Gasteiger charge is -2.25. The van der Waals surface area contributed by atoms with Gasteiger partial charge in [-0.05, 0) is 42.0 Å². The highest BCUT2D eigenvalue weighted by Crippen LogP contribution is 2.39. The number of carbonyl (C=O) groups excluding carboxylic acids is 2. The van der Waals surface area contributed by atoms with Gasteiger partial charge in [0.2, 0.25) is 10.0 Å². The number of hydrogen-bond donors (Lipinski definition) is 2. The molecule has 170 valence electrons. The average Bonchev–Trinajstić information content (AvgIpc) is 3.02. The lowest BCUT2D eigenvalue weighted by atomic mass is 9.95. The maximum absolute atomic E-state index is 12.9. The zero-order chi connectivity index (χ0) is 23.6. The molecule has 1 atom stereocenters. The van der Waals surface area contributed by atoms with E-state index in [9.17, 15) is 28.2 Å². The molecule has 1 fully saturated rings. The van der Waals surface area contributed by atoms with Crippen molar-refractivity contribution in [2.75, 3.05) is 34.4 Å². The van der Waals surface area contributed by atoms with Crippen LogP contribution >= 0.6 is 0 Å². The molecule has 3 rings (SSSR count). The van der Waals surface area contributed by atoms with Gasteiger partial charge >= 0.3 is 0 Å². The van der Waals surface area contributed by atoms with Crippen molar-refractivity contribution in [1.29, 1.82) is 0 Å². The second kappa shape index (κ2) is 9.11. The lowest BCUT2D eigenvalue weighted by molar-refractivity contribution is -0.140. The summed E-state index contributed by atoms with van der Waals surface area (Å²) in [6, 6.07) is 10.5. The van der Waals surface area contributed by atoms with E-state index in [1.54, 1.807) is 12.1 Å². The van der Waals surface area contributed by atoms with Crippen molar-refractivity contribution >= 4 is 27.5 Å². The standard InChI is InChI=1S/C22H24N2O7S/c1-23(2)32(29,30)17-10-6-15(7-11-17)20(26)18-19(14-4-8-16(25)9-5-14)24(12-13-31-3)22(28)21(18)27/h4-11,19,25-26H,12-13H2,1-3H3/b20-18+/t19-/m1/s1. The summed E-state index contributed by atoms with van der Waals surface area (Å²) in [5, 5.41) is 20.6. The van der Waals surface area contributed by atoms with Gasteiger partial charge in [0.05, 0.1) is 23.1 Å². The molecule has 32 heavy (non-hydrogen) atoms. The fraction of sp³-hybridized carbons (Fsp3) is 0.273. The van der Waals surface area contributed by atoms with E-state index in [4.69, 9.17) is 4.74 Å². The molecular weight excluding hydrogens is 436 g/mol. The number of nitrogens with zero attached hydrogens (tertiary/aromatic N) is 2. The summed E-state index contributed by atoms with van der Waals surface area (Å²) in [5.74, 6) is -2.05. The van der Waals surface area contributed by atoms with E-state index in [1.165, 1.54) is 62.5 Å². The maximum atomic E-state index is 12.9. The summed E-state index contributed by atoms with van der Waals surface area (Å²) < 4.78 is 30.7. The second-order valence-corrected chi connectivity index (χ2v) is 9.54. The third kappa shape index (κ3) is 4.24. The summed E-state index contributed by atoms with van der Waals surface area (Å²) in [7, 11) is 0.612. The van der Waals surface area contributed by atoms with Gasteiger partial charge in [-0.25, -0.2) is 12.7 Å². The van der Waals surface area contributed by atoms with Gasteiger partial charge in [0, 0.05) is 33.3 Å². The van der Waals surface area contributed by atoms with Crippen molar-refractivity contribution < 1.29 is 33.0 Å². The number of aliphatic hydroxyl groups excluding tert-OH is 1. The third-order valence-electron chi connectivity index (χ3n) is 5.19. The van der Waals surface area contributed by atoms with Gasteiger partial charge in [-0.15, -0.1) is 0 Å². The van der Waals surface area contributed by atoms with E-state index in [0.717, 1.165) is 4.31 Å². The van der Waals surface area contributed by atoms with E-state index in [0.29, 0.717) is 5.56 Å². The number of methoxy groups -OCH3 is 1. The Labute approximate surface area is 186 Å². The Balaban J connectivity index is 2.11. The van der Waals surface area contributed by atoms with Crippen molar-refractivity contribution in [1.82, 2.24) is 9.21 Å². The van der Waals surface area contributed by atoms with Crippen molar-refractivity contribution in [3.8, 4) is 5.75 Å². The van der Waals surface area contributed by atoms with Crippen LogP contribution in [0.1, 0.15) is 17.2 Å². The SMILES string of the molecule is COCCN1C(=O)C(=O)/C(=C(/O)c2ccc(S(=O)(=O)N(C)C)cc2)[C@H]1c1ccc(O)cc1. The fourth-order valence-electron chi connectivity index (χ4n) is 3.45. The molecule has 1 aliphatic heterocycles. The highest BCUT2D eigenvalue weighted by molar-refractivity contribution is 7.89. The molecule has 0 bridgehead atoms. The van der Waals surface area contributed by atoms with Crippen LogP contribution in [0.2, 0.25) is 0 Å². The van der Waals surface area contributed by atoms with Gasteiger partial charge in [-0.3, -0.25) is 9.59 Å². The predicted molar refractivity (Wildman–Crippen MR) is 116 cm³/mol. The number of aliphatic hydroxyl groups is 1. The van der Waals surface area contributed by atoms with Crippen LogP contribution in [0.15, 0.2) is 59.0 Å². The Kier molecular flexibility index (Phi) is 6.68. The van der Waals surface area contributed by atoms with E-state index >= 15 is 0 Å². The molecule has 1 saturated heterocycles. The first-order valence-electron chi connectivity index (χ1n) is 9.68. The van der Waals surface area contributed by atoms with Crippen molar-refractivity contribution in [3.63, 3.8) is 0 Å². The minimum atomic E-state index is -3.67. The summed E-state index contributed by atoms with van der Waals surface area (Å²) >= 11 is 0. The van der Waals surface area contributed by atoms with Crippen LogP contribution in [0.4, 0.5) is 0 Å². The number of aromatic hydroxyl groups is 1. The molecule has 1 aliphatic rings. The minimum absolute atomic E-state index is 0.0142. The molecule has 9 nitrogen and oxygen atoms in total. The number of ketones is 1. The van der Waals surface area contributed by atoms with Gasteiger partial charge in [-0.2, -0.15) is 0 Å². The Morgan fingerprint density at radius 1 is 1.06 bits per heavy atom. The number of Topliss-reactive ketones (excluding diaryl/α,β-unsaturated/α-hetero) is 1. The molecule has 1 heterocycles. The summed E-state index contributed by atoms with van der Waals surface area (Å²) in [5.41, 5.74) is 0.586. The third-order valence-corrected chi connectivity index (χ3v) is 7.02. The normalized spacial score (nSPS) is 18.5. The molecule has 0 radical (unpaired) electrons. The molecule has 2 aromatic rings. The number of phenolic OH excluding ortho intramolecular Hbond substituents is 1. The highest BCUT2D eigenvalue weighted by Gasteiger charge is 2.45. The zero-order valence-corrected chi connectivity index (χ0v) is 18.7. The summed E-state index contributed by atoms with van der Waals surface area (Å²) in [6.07, 6.45) is 0. The Bertz CT molecular complexity index is 1150. The quantitative estimate of drug-likeness (QED) is 0.366. The number of likely N-dealkylation sites (tertiary alicyclic amines) is 1. The van der Waals surface area contributed by atoms with Crippen LogP contribution in [0.3, 0.4) is 0 Å². The molecule has 2 aromatic carbocycles. The van der Waals surface area contributed by atoms with Crippen LogP contribution in [0.5, 0.6) is 5.75 Å². The first kappa shape index (κ1) is 23.5. The van der Waals surface area contributed by atoms with E-state index in [-0.39, 0.29) is 34.9 Å². The smallest absolute Gasteiger partial charge is 0.295 e. The van der Waals surface area contributed by atoms with Crippen LogP contribution in [0.25, 0.3) is 5.76 Å². The summed E-state index contributed by atoms with van der Waals surface area (Å²) in [4.78, 5) is 26.9. The van der Waals surface area contributed by atoms with E-state index in [1.807, 2.05) is 0 Å². The predicted octanol–water partition coefficient (Wildman–Crippen LogP) is 1.71. The van der Waals surface area contributed by atoms with Crippen LogP contribution in [-0.4, -0.2) is 73.9 Å². The van der Waals surface area contributed by atoms with Crippen molar-refractivity contribution in [3.05, 3.63) is 65.2 Å². The van der Waals surface area contributed by atoms with Crippen molar-refractivity contribution in [2.24, 2.45) is 0 Å². The Morgan fingerprint density at radius 3 is 2.19 bits per heavy atom. The second-order valence-electron chi connectivity index (χ2n) is 7.39. The van der Waals surface area contributed by atoms with E-state index < -0.39 is 33.5 Å². The first-order chi connectivity index (χ1) is 15.1. The number of phenols is 1. The lowest BCUT2D eigenvalue weighted by Crippen LogP contribution is -2.32. The number of sulfonamides is 1. The number of carbonyl (C=O) groups is 2. The van der Waals surface area contributed by atoms with Crippen LogP contribution in [0, 0.1) is 0 Å². The molecular formula is C22H24N2O7S. The molecule has 0 aromatic heterocycles. The molecule has 1 amide bonds. The number of ether oxygens (including phenoxy) is 1. The largest absolute Gasteiger partial charge is 0.508 e. The Morgan fingerprint density at radius 2 is 1.66 bits per heavy atom. The number of benzene rings is 2.